The van der Waals surface area contributed by atoms with Gasteiger partial charge in [0.05, 0.1) is 36.9 Å². The van der Waals surface area contributed by atoms with Gasteiger partial charge in [0.15, 0.2) is 0 Å². The van der Waals surface area contributed by atoms with Gasteiger partial charge < -0.3 is 35.9 Å². The maximum atomic E-state index is 12.2. The minimum atomic E-state index is -1.18. The molecule has 2 unspecified atom stereocenters. The Labute approximate surface area is 311 Å². The van der Waals surface area contributed by atoms with E-state index in [1.165, 1.54) is 70.6 Å². The molecule has 0 aromatic heterocycles. The van der Waals surface area contributed by atoms with Gasteiger partial charge in [0, 0.05) is 30.1 Å². The highest BCUT2D eigenvalue weighted by Crippen LogP contribution is 2.45. The number of piperidine rings is 1. The molecular formula is C43H80N3O5+. The number of rotatable bonds is 23. The van der Waals surface area contributed by atoms with Gasteiger partial charge in [0.25, 0.3) is 0 Å². The zero-order chi connectivity index (χ0) is 36.6. The first-order valence-corrected chi connectivity index (χ1v) is 21.9. The lowest BCUT2D eigenvalue weighted by atomic mass is 9.81. The van der Waals surface area contributed by atoms with Crippen LogP contribution < -0.4 is 21.5 Å². The van der Waals surface area contributed by atoms with Crippen LogP contribution in [0.2, 0.25) is 0 Å². The number of aliphatic hydroxyl groups excluding tert-OH is 2. The second kappa shape index (κ2) is 22.4. The summed E-state index contributed by atoms with van der Waals surface area (Å²) in [7, 11) is 0. The van der Waals surface area contributed by atoms with Gasteiger partial charge in [0.2, 0.25) is 0 Å². The molecule has 0 aromatic rings. The second-order valence-corrected chi connectivity index (χ2v) is 18.3. The van der Waals surface area contributed by atoms with Crippen molar-refractivity contribution in [3.05, 3.63) is 12.2 Å². The summed E-state index contributed by atoms with van der Waals surface area (Å²) in [5, 5.41) is 50.7. The van der Waals surface area contributed by atoms with E-state index < -0.39 is 23.6 Å². The molecule has 3 fully saturated rings. The zero-order valence-corrected chi connectivity index (χ0v) is 32.8. The van der Waals surface area contributed by atoms with Gasteiger partial charge in [-0.2, -0.15) is 0 Å². The quantitative estimate of drug-likeness (QED) is 0.0683. The van der Waals surface area contributed by atoms with Gasteiger partial charge in [-0.3, -0.25) is 5.73 Å². The number of carbonyl (C=O) groups excluding carboxylic acids is 1. The van der Waals surface area contributed by atoms with Crippen molar-refractivity contribution in [3.63, 3.8) is 0 Å². The number of carboxylic acid groups (broad SMARTS) is 1. The number of quaternary nitrogens is 2. The Balaban J connectivity index is 1.21. The number of aliphatic carboxylic acids is 1. The number of hydrogen-bond donors (Lipinski definition) is 6. The molecule has 0 radical (unpaired) electrons. The number of hydrogen-bond acceptors (Lipinski definition) is 6. The maximum Gasteiger partial charge on any atom is 0.137 e. The standard InChI is InChI=1S/C43H79N3O5/c1-3-4-7-14-33-19-20-35(40(48)26-33)15-10-6-11-16-38(42(49)50)39(47)21-23-43(51)28-36(25-34-22-24-45-41(44)27-34)37(29-43)30-46-31(2)17-18-32-12-8-5-9-13-32/h19-20,31-41,45-48,51H,3-18,21-30,44H2,1-2H3,(H,49,50)/p+1/t31-,33+,34?,35-,36-,37+,38+,39-,40-,41?,43+/m1/s1. The molecule has 296 valence electrons. The Morgan fingerprint density at radius 2 is 1.71 bits per heavy atom. The van der Waals surface area contributed by atoms with E-state index in [2.05, 4.69) is 36.6 Å². The monoisotopic (exact) mass is 719 g/mol. The van der Waals surface area contributed by atoms with Crippen molar-refractivity contribution in [2.24, 2.45) is 47.2 Å². The summed E-state index contributed by atoms with van der Waals surface area (Å²) in [6, 6.07) is 0.585. The smallest absolute Gasteiger partial charge is 0.137 e. The molecule has 0 amide bonds. The van der Waals surface area contributed by atoms with Crippen LogP contribution in [0.4, 0.5) is 0 Å². The van der Waals surface area contributed by atoms with Gasteiger partial charge >= 0.3 is 0 Å². The van der Waals surface area contributed by atoms with E-state index in [0.717, 1.165) is 76.8 Å². The van der Waals surface area contributed by atoms with Crippen LogP contribution in [0.3, 0.4) is 0 Å². The Kier molecular flexibility index (Phi) is 18.7. The average Bonchev–Trinajstić information content (AvgIpc) is 3.42. The van der Waals surface area contributed by atoms with Crippen LogP contribution in [-0.2, 0) is 4.79 Å². The minimum absolute atomic E-state index is 0.175. The van der Waals surface area contributed by atoms with Crippen molar-refractivity contribution in [1.82, 2.24) is 0 Å². The van der Waals surface area contributed by atoms with Gasteiger partial charge in [0.1, 0.15) is 6.17 Å². The first-order valence-electron chi connectivity index (χ1n) is 21.9. The lowest BCUT2D eigenvalue weighted by molar-refractivity contribution is -0.699. The number of unbranched alkanes of at least 4 members (excludes halogenated alkanes) is 4. The van der Waals surface area contributed by atoms with Gasteiger partial charge in [-0.25, -0.2) is 0 Å². The lowest BCUT2D eigenvalue weighted by Gasteiger charge is -2.30. The van der Waals surface area contributed by atoms with Gasteiger partial charge in [-0.1, -0.05) is 89.7 Å². The first kappa shape index (κ1) is 42.7. The van der Waals surface area contributed by atoms with E-state index in [0.29, 0.717) is 49.0 Å². The maximum absolute atomic E-state index is 12.2. The predicted octanol–water partition coefficient (Wildman–Crippen LogP) is 4.30. The Hall–Kier alpha value is -1.03. The van der Waals surface area contributed by atoms with E-state index in [1.807, 2.05) is 0 Å². The van der Waals surface area contributed by atoms with Crippen LogP contribution in [-0.4, -0.2) is 64.4 Å². The van der Waals surface area contributed by atoms with Crippen molar-refractivity contribution < 1.29 is 35.9 Å². The third kappa shape index (κ3) is 15.0. The Morgan fingerprint density at radius 3 is 2.43 bits per heavy atom. The number of aliphatic hydroxyl groups is 3. The fourth-order valence-corrected chi connectivity index (χ4v) is 10.6. The lowest BCUT2D eigenvalue weighted by Crippen LogP contribution is -2.94. The van der Waals surface area contributed by atoms with Crippen LogP contribution in [0, 0.1) is 41.4 Å². The summed E-state index contributed by atoms with van der Waals surface area (Å²) < 4.78 is 0. The fourth-order valence-electron chi connectivity index (χ4n) is 10.6. The molecule has 51 heavy (non-hydrogen) atoms. The predicted molar refractivity (Wildman–Crippen MR) is 203 cm³/mol. The Morgan fingerprint density at radius 1 is 0.941 bits per heavy atom. The molecule has 2 saturated carbocycles. The molecule has 8 heteroatoms. The number of nitrogens with two attached hydrogens (primary N) is 3. The molecule has 4 rings (SSSR count). The molecular weight excluding hydrogens is 638 g/mol. The molecule has 1 saturated heterocycles. The highest BCUT2D eigenvalue weighted by atomic mass is 16.4. The van der Waals surface area contributed by atoms with Gasteiger partial charge in [-0.15, -0.1) is 0 Å². The molecule has 1 heterocycles. The summed E-state index contributed by atoms with van der Waals surface area (Å²) in [4.78, 5) is 12.2. The normalized spacial score (nSPS) is 33.6. The molecule has 8 nitrogen and oxygen atoms in total. The average molecular weight is 719 g/mol. The third-order valence-electron chi connectivity index (χ3n) is 13.9. The molecule has 0 bridgehead atoms. The summed E-state index contributed by atoms with van der Waals surface area (Å²) >= 11 is 0. The SMILES string of the molecule is CCCCC[C@H]1C=C[C@@H](CCCCC[C@H](C(=O)[O-])[C@H](O)CC[C@@]2(O)C[C@@H](C[NH2+][C@H](C)CCC3CCCCC3)[C@H](CC3CC[NH2+]C(N)C3)C2)[C@H](O)C1. The minimum Gasteiger partial charge on any atom is -0.550 e. The highest BCUT2D eigenvalue weighted by Gasteiger charge is 2.46. The molecule has 4 aliphatic rings. The van der Waals surface area contributed by atoms with Crippen LogP contribution in [0.25, 0.3) is 0 Å². The van der Waals surface area contributed by atoms with Crippen molar-refractivity contribution in [2.75, 3.05) is 13.1 Å². The van der Waals surface area contributed by atoms with E-state index in [4.69, 9.17) is 5.73 Å². The highest BCUT2D eigenvalue weighted by molar-refractivity contribution is 5.68. The van der Waals surface area contributed by atoms with E-state index >= 15 is 0 Å². The number of carboxylic acids is 1. The van der Waals surface area contributed by atoms with E-state index in [-0.39, 0.29) is 24.6 Å². The van der Waals surface area contributed by atoms with Crippen molar-refractivity contribution in [1.29, 1.82) is 0 Å². The van der Waals surface area contributed by atoms with Crippen LogP contribution in [0.15, 0.2) is 12.2 Å². The topological polar surface area (TPSA) is 160 Å². The summed E-state index contributed by atoms with van der Waals surface area (Å²) in [6.45, 7) is 6.69. The fraction of sp³-hybridized carbons (Fsp3) is 0.930. The van der Waals surface area contributed by atoms with Crippen molar-refractivity contribution >= 4 is 5.97 Å². The largest absolute Gasteiger partial charge is 0.550 e. The second-order valence-electron chi connectivity index (χ2n) is 18.3. The summed E-state index contributed by atoms with van der Waals surface area (Å²) in [5.74, 6) is 0.945. The molecule has 3 aliphatic carbocycles. The summed E-state index contributed by atoms with van der Waals surface area (Å²) in [5.41, 5.74) is 5.46. The summed E-state index contributed by atoms with van der Waals surface area (Å²) in [6.07, 6.45) is 28.0. The Bertz CT molecular complexity index is 1010. The van der Waals surface area contributed by atoms with E-state index in [9.17, 15) is 25.2 Å². The third-order valence-corrected chi connectivity index (χ3v) is 13.9. The van der Waals surface area contributed by atoms with Crippen LogP contribution in [0.1, 0.15) is 168 Å². The first-order chi connectivity index (χ1) is 24.5. The number of allylic oxidation sites excluding steroid dienone is 1. The van der Waals surface area contributed by atoms with E-state index in [1.54, 1.807) is 0 Å². The number of carbonyl (C=O) groups is 1. The van der Waals surface area contributed by atoms with Crippen molar-refractivity contribution in [3.8, 4) is 0 Å². The van der Waals surface area contributed by atoms with Crippen LogP contribution >= 0.6 is 0 Å². The zero-order valence-electron chi connectivity index (χ0n) is 32.8. The molecule has 1 aliphatic heterocycles. The molecule has 9 N–H and O–H groups in total. The molecule has 11 atom stereocenters. The molecule has 0 spiro atoms. The molecule has 0 aromatic carbocycles. The van der Waals surface area contributed by atoms with Gasteiger partial charge in [-0.05, 0) is 108 Å². The van der Waals surface area contributed by atoms with Crippen LogP contribution in [0.5, 0.6) is 0 Å². The van der Waals surface area contributed by atoms with Crippen molar-refractivity contribution in [2.45, 2.75) is 198 Å².